The van der Waals surface area contributed by atoms with Gasteiger partial charge >= 0.3 is 0 Å². The summed E-state index contributed by atoms with van der Waals surface area (Å²) in [6.45, 7) is 0. The highest BCUT2D eigenvalue weighted by Crippen LogP contribution is 2.28. The maximum absolute atomic E-state index is 11.7. The largest absolute Gasteiger partial charge is 0.411 e. The van der Waals surface area contributed by atoms with Crippen LogP contribution in [0.25, 0.3) is 0 Å². The number of ketones is 1. The Morgan fingerprint density at radius 2 is 1.76 bits per heavy atom. The van der Waals surface area contributed by atoms with Gasteiger partial charge in [0.05, 0.1) is 0 Å². The summed E-state index contributed by atoms with van der Waals surface area (Å²) in [7, 11) is 0. The van der Waals surface area contributed by atoms with E-state index in [0.29, 0.717) is 6.42 Å². The van der Waals surface area contributed by atoms with Crippen LogP contribution in [0.15, 0.2) is 40.6 Å². The molecule has 1 saturated carbocycles. The van der Waals surface area contributed by atoms with Gasteiger partial charge in [-0.3, -0.25) is 4.79 Å². The van der Waals surface area contributed by atoms with Crippen molar-refractivity contribution in [1.29, 1.82) is 0 Å². The van der Waals surface area contributed by atoms with Gasteiger partial charge in [0, 0.05) is 12.8 Å². The van der Waals surface area contributed by atoms with E-state index in [1.54, 1.807) is 0 Å². The molecule has 0 aliphatic heterocycles. The number of carbonyl (C=O) groups excluding carboxylic acids is 1. The van der Waals surface area contributed by atoms with Crippen molar-refractivity contribution >= 4 is 17.2 Å². The van der Waals surface area contributed by atoms with Crippen LogP contribution in [0.4, 0.5) is 0 Å². The standard InChI is InChI=1S/C12H12N2O3/c15-11-7-9(8-4-2-1-3-5-8)6-10(13-16)12(11)14-17/h1-5,9,16-17H,6-7H2/t9-/m1/s1. The average Bonchev–Trinajstić information content (AvgIpc) is 2.38. The van der Waals surface area contributed by atoms with E-state index in [9.17, 15) is 4.79 Å². The zero-order valence-electron chi connectivity index (χ0n) is 9.08. The van der Waals surface area contributed by atoms with Gasteiger partial charge in [0.1, 0.15) is 5.71 Å². The van der Waals surface area contributed by atoms with Gasteiger partial charge in [0.15, 0.2) is 11.5 Å². The van der Waals surface area contributed by atoms with E-state index in [0.717, 1.165) is 5.56 Å². The Kier molecular flexibility index (Phi) is 3.18. The Bertz CT molecular complexity index is 480. The van der Waals surface area contributed by atoms with Gasteiger partial charge < -0.3 is 10.4 Å². The molecule has 88 valence electrons. The van der Waals surface area contributed by atoms with Crippen LogP contribution in [-0.2, 0) is 4.79 Å². The molecule has 0 radical (unpaired) electrons. The average molecular weight is 232 g/mol. The lowest BCUT2D eigenvalue weighted by Crippen LogP contribution is -2.33. The van der Waals surface area contributed by atoms with Crippen molar-refractivity contribution in [3.63, 3.8) is 0 Å². The van der Waals surface area contributed by atoms with Crippen LogP contribution in [0.2, 0.25) is 0 Å². The van der Waals surface area contributed by atoms with Crippen molar-refractivity contribution in [1.82, 2.24) is 0 Å². The molecule has 0 bridgehead atoms. The van der Waals surface area contributed by atoms with Gasteiger partial charge in [-0.05, 0) is 11.5 Å². The van der Waals surface area contributed by atoms with E-state index in [1.165, 1.54) is 0 Å². The highest BCUT2D eigenvalue weighted by atomic mass is 16.4. The molecule has 1 fully saturated rings. The monoisotopic (exact) mass is 232 g/mol. The predicted octanol–water partition coefficient (Wildman–Crippen LogP) is 1.79. The lowest BCUT2D eigenvalue weighted by Gasteiger charge is -2.22. The van der Waals surface area contributed by atoms with Crippen LogP contribution in [0, 0.1) is 0 Å². The molecule has 2 N–H and O–H groups in total. The smallest absolute Gasteiger partial charge is 0.187 e. The Hall–Kier alpha value is -2.17. The Morgan fingerprint density at radius 3 is 2.35 bits per heavy atom. The molecular weight excluding hydrogens is 220 g/mol. The number of carbonyl (C=O) groups is 1. The molecule has 17 heavy (non-hydrogen) atoms. The summed E-state index contributed by atoms with van der Waals surface area (Å²) in [5, 5.41) is 23.4. The quantitative estimate of drug-likeness (QED) is 0.572. The summed E-state index contributed by atoms with van der Waals surface area (Å²) < 4.78 is 0. The maximum atomic E-state index is 11.7. The van der Waals surface area contributed by atoms with Crippen LogP contribution in [0.5, 0.6) is 0 Å². The van der Waals surface area contributed by atoms with Crippen LogP contribution >= 0.6 is 0 Å². The SMILES string of the molecule is O=C1C[C@H](c2ccccc2)CC(=NO)C1=NO. The van der Waals surface area contributed by atoms with E-state index in [2.05, 4.69) is 10.3 Å². The minimum absolute atomic E-state index is 0.0277. The number of rotatable bonds is 1. The van der Waals surface area contributed by atoms with Gasteiger partial charge in [-0.1, -0.05) is 40.6 Å². The molecule has 0 amide bonds. The summed E-state index contributed by atoms with van der Waals surface area (Å²) in [5.74, 6) is -0.333. The number of hydrogen-bond acceptors (Lipinski definition) is 5. The molecule has 1 aromatic carbocycles. The number of Topliss-reactive ketones (excluding diaryl/α,β-unsaturated/α-hetero) is 1. The van der Waals surface area contributed by atoms with Crippen LogP contribution in [0.1, 0.15) is 24.3 Å². The van der Waals surface area contributed by atoms with Gasteiger partial charge in [-0.25, -0.2) is 0 Å². The van der Waals surface area contributed by atoms with Gasteiger partial charge in [-0.15, -0.1) is 0 Å². The van der Waals surface area contributed by atoms with Crippen LogP contribution in [0.3, 0.4) is 0 Å². The first-order chi connectivity index (χ1) is 8.26. The second-order valence-electron chi connectivity index (χ2n) is 3.93. The van der Waals surface area contributed by atoms with E-state index in [4.69, 9.17) is 10.4 Å². The third kappa shape index (κ3) is 2.18. The molecular formula is C12H12N2O3. The highest BCUT2D eigenvalue weighted by Gasteiger charge is 2.32. The molecule has 5 nitrogen and oxygen atoms in total. The molecule has 1 atom stereocenters. The molecule has 0 spiro atoms. The van der Waals surface area contributed by atoms with Crippen molar-refractivity contribution in [2.45, 2.75) is 18.8 Å². The minimum Gasteiger partial charge on any atom is -0.411 e. The van der Waals surface area contributed by atoms with E-state index in [-0.39, 0.29) is 29.5 Å². The number of oxime groups is 2. The van der Waals surface area contributed by atoms with Crippen molar-refractivity contribution in [3.05, 3.63) is 35.9 Å². The summed E-state index contributed by atoms with van der Waals surface area (Å²) in [4.78, 5) is 11.7. The summed E-state index contributed by atoms with van der Waals surface area (Å²) >= 11 is 0. The fraction of sp³-hybridized carbons (Fsp3) is 0.250. The lowest BCUT2D eigenvalue weighted by atomic mass is 9.81. The Morgan fingerprint density at radius 1 is 1.06 bits per heavy atom. The molecule has 0 aromatic heterocycles. The lowest BCUT2D eigenvalue weighted by molar-refractivity contribution is -0.113. The Labute approximate surface area is 98.1 Å². The second kappa shape index (κ2) is 4.78. The number of benzene rings is 1. The second-order valence-corrected chi connectivity index (χ2v) is 3.93. The van der Waals surface area contributed by atoms with Crippen molar-refractivity contribution < 1.29 is 15.2 Å². The van der Waals surface area contributed by atoms with Crippen LogP contribution < -0.4 is 0 Å². The predicted molar refractivity (Wildman–Crippen MR) is 61.9 cm³/mol. The van der Waals surface area contributed by atoms with Crippen molar-refractivity contribution in [2.24, 2.45) is 10.3 Å². The summed E-state index contributed by atoms with van der Waals surface area (Å²) in [6, 6.07) is 9.54. The molecule has 1 aliphatic carbocycles. The summed E-state index contributed by atoms with van der Waals surface area (Å²) in [6.07, 6.45) is 0.661. The number of nitrogens with zero attached hydrogens (tertiary/aromatic N) is 2. The maximum Gasteiger partial charge on any atom is 0.187 e. The Balaban J connectivity index is 2.29. The molecule has 0 saturated heterocycles. The fourth-order valence-corrected chi connectivity index (χ4v) is 2.05. The van der Waals surface area contributed by atoms with Gasteiger partial charge in [-0.2, -0.15) is 0 Å². The molecule has 0 heterocycles. The molecule has 0 unspecified atom stereocenters. The fourth-order valence-electron chi connectivity index (χ4n) is 2.05. The molecule has 1 aromatic rings. The highest BCUT2D eigenvalue weighted by molar-refractivity contribution is 6.68. The zero-order valence-corrected chi connectivity index (χ0v) is 9.08. The van der Waals surface area contributed by atoms with Crippen molar-refractivity contribution in [2.75, 3.05) is 0 Å². The first-order valence-electron chi connectivity index (χ1n) is 5.27. The third-order valence-electron chi connectivity index (χ3n) is 2.90. The number of hydrogen-bond donors (Lipinski definition) is 2. The summed E-state index contributed by atoms with van der Waals surface area (Å²) in [5.41, 5.74) is 1.01. The first kappa shape index (κ1) is 11.3. The normalized spacial score (nSPS) is 25.4. The van der Waals surface area contributed by atoms with Crippen LogP contribution in [-0.4, -0.2) is 27.6 Å². The first-order valence-corrected chi connectivity index (χ1v) is 5.27. The van der Waals surface area contributed by atoms with Gasteiger partial charge in [0.25, 0.3) is 0 Å². The topological polar surface area (TPSA) is 82.2 Å². The molecule has 2 rings (SSSR count). The molecule has 5 heteroatoms. The minimum atomic E-state index is -0.305. The zero-order chi connectivity index (χ0) is 12.3. The van der Waals surface area contributed by atoms with E-state index >= 15 is 0 Å². The third-order valence-corrected chi connectivity index (χ3v) is 2.90. The van der Waals surface area contributed by atoms with Crippen molar-refractivity contribution in [3.8, 4) is 0 Å². The van der Waals surface area contributed by atoms with Gasteiger partial charge in [0.2, 0.25) is 0 Å². The molecule has 1 aliphatic rings. The van der Waals surface area contributed by atoms with E-state index < -0.39 is 0 Å². The van der Waals surface area contributed by atoms with E-state index in [1.807, 2.05) is 30.3 Å².